The number of aryl methyl sites for hydroxylation is 2. The van der Waals surface area contributed by atoms with Gasteiger partial charge in [-0.3, -0.25) is 9.48 Å². The zero-order valence-corrected chi connectivity index (χ0v) is 10.0. The Kier molecular flexibility index (Phi) is 3.14. The second-order valence-electron chi connectivity index (χ2n) is 3.99. The van der Waals surface area contributed by atoms with Gasteiger partial charge in [-0.25, -0.2) is 0 Å². The van der Waals surface area contributed by atoms with Gasteiger partial charge < -0.3 is 0 Å². The van der Waals surface area contributed by atoms with Gasteiger partial charge in [0.25, 0.3) is 0 Å². The van der Waals surface area contributed by atoms with Gasteiger partial charge in [0, 0.05) is 24.4 Å². The largest absolute Gasteiger partial charge is 0.298 e. The molecule has 2 rings (SSSR count). The van der Waals surface area contributed by atoms with E-state index in [1.165, 1.54) is 5.69 Å². The number of aromatic nitrogens is 2. The van der Waals surface area contributed by atoms with E-state index in [1.807, 2.05) is 11.7 Å². The molecule has 1 atom stereocenters. The number of hydrogen-bond donors (Lipinski definition) is 0. The maximum Gasteiger partial charge on any atom is 0.147 e. The summed E-state index contributed by atoms with van der Waals surface area (Å²) in [5, 5.41) is 4.39. The van der Waals surface area contributed by atoms with Crippen molar-refractivity contribution in [2.45, 2.75) is 19.8 Å². The lowest BCUT2D eigenvalue weighted by Crippen LogP contribution is -2.15. The molecule has 1 aromatic heterocycles. The van der Waals surface area contributed by atoms with Crippen LogP contribution in [0.25, 0.3) is 0 Å². The number of nitrogens with zero attached hydrogens (tertiary/aromatic N) is 2. The SMILES string of the molecule is CCc1cc(CC2CSCC2=O)n(C)n1. The Balaban J connectivity index is 2.09. The molecule has 0 bridgehead atoms. The molecule has 2 heterocycles. The van der Waals surface area contributed by atoms with Gasteiger partial charge in [-0.15, -0.1) is 0 Å². The third-order valence-electron chi connectivity index (χ3n) is 2.86. The number of Topliss-reactive ketones (excluding diaryl/α,β-unsaturated/α-hetero) is 1. The molecule has 0 aromatic carbocycles. The number of carbonyl (C=O) groups excluding carboxylic acids is 1. The van der Waals surface area contributed by atoms with Crippen LogP contribution < -0.4 is 0 Å². The van der Waals surface area contributed by atoms with Crippen LogP contribution in [0.1, 0.15) is 18.3 Å². The molecule has 4 heteroatoms. The summed E-state index contributed by atoms with van der Waals surface area (Å²) in [6.45, 7) is 2.10. The number of carbonyl (C=O) groups is 1. The molecule has 3 nitrogen and oxygen atoms in total. The molecular weight excluding hydrogens is 208 g/mol. The maximum absolute atomic E-state index is 11.5. The van der Waals surface area contributed by atoms with E-state index in [0.29, 0.717) is 11.5 Å². The first kappa shape index (κ1) is 10.7. The van der Waals surface area contributed by atoms with Crippen LogP contribution in [-0.2, 0) is 24.7 Å². The van der Waals surface area contributed by atoms with E-state index in [0.717, 1.165) is 24.3 Å². The quantitative estimate of drug-likeness (QED) is 0.779. The molecule has 1 unspecified atom stereocenters. The van der Waals surface area contributed by atoms with E-state index < -0.39 is 0 Å². The molecule has 15 heavy (non-hydrogen) atoms. The zero-order chi connectivity index (χ0) is 10.8. The maximum atomic E-state index is 11.5. The lowest BCUT2D eigenvalue weighted by Gasteiger charge is -2.06. The van der Waals surface area contributed by atoms with Gasteiger partial charge in [0.15, 0.2) is 0 Å². The molecule has 0 spiro atoms. The van der Waals surface area contributed by atoms with Crippen LogP contribution in [0, 0.1) is 5.92 Å². The van der Waals surface area contributed by atoms with Gasteiger partial charge in [-0.1, -0.05) is 6.92 Å². The van der Waals surface area contributed by atoms with Crippen molar-refractivity contribution in [1.29, 1.82) is 0 Å². The summed E-state index contributed by atoms with van der Waals surface area (Å²) in [7, 11) is 1.96. The second-order valence-corrected chi connectivity index (χ2v) is 5.02. The van der Waals surface area contributed by atoms with Crippen molar-refractivity contribution >= 4 is 17.5 Å². The summed E-state index contributed by atoms with van der Waals surface area (Å²) in [5.41, 5.74) is 2.30. The molecule has 0 radical (unpaired) electrons. The van der Waals surface area contributed by atoms with Crippen LogP contribution in [-0.4, -0.2) is 27.1 Å². The van der Waals surface area contributed by atoms with Crippen LogP contribution in [0.5, 0.6) is 0 Å². The molecule has 0 amide bonds. The average Bonchev–Trinajstić information content (AvgIpc) is 2.76. The highest BCUT2D eigenvalue weighted by Crippen LogP contribution is 2.23. The van der Waals surface area contributed by atoms with Crippen molar-refractivity contribution in [2.24, 2.45) is 13.0 Å². The fourth-order valence-electron chi connectivity index (χ4n) is 1.87. The molecule has 0 N–H and O–H groups in total. The summed E-state index contributed by atoms with van der Waals surface area (Å²) in [5.74, 6) is 2.29. The molecule has 1 aliphatic rings. The van der Waals surface area contributed by atoms with Crippen LogP contribution in [0.2, 0.25) is 0 Å². The fourth-order valence-corrected chi connectivity index (χ4v) is 3.02. The minimum absolute atomic E-state index is 0.218. The van der Waals surface area contributed by atoms with Crippen LogP contribution in [0.4, 0.5) is 0 Å². The molecule has 0 saturated carbocycles. The van der Waals surface area contributed by atoms with Crippen LogP contribution in [0.15, 0.2) is 6.07 Å². The third kappa shape index (κ3) is 2.25. The van der Waals surface area contributed by atoms with Crippen molar-refractivity contribution in [1.82, 2.24) is 9.78 Å². The summed E-state index contributed by atoms with van der Waals surface area (Å²) < 4.78 is 1.91. The molecule has 1 saturated heterocycles. The number of hydrogen-bond acceptors (Lipinski definition) is 3. The smallest absolute Gasteiger partial charge is 0.147 e. The standard InChI is InChI=1S/C11H16N2OS/c1-3-9-5-10(13(2)12-9)4-8-6-15-7-11(8)14/h5,8H,3-4,6-7H2,1-2H3. The Morgan fingerprint density at radius 2 is 2.47 bits per heavy atom. The minimum Gasteiger partial charge on any atom is -0.298 e. The fraction of sp³-hybridized carbons (Fsp3) is 0.636. The minimum atomic E-state index is 0.218. The highest BCUT2D eigenvalue weighted by atomic mass is 32.2. The van der Waals surface area contributed by atoms with E-state index in [1.54, 1.807) is 11.8 Å². The Labute approximate surface area is 94.2 Å². The first-order valence-corrected chi connectivity index (χ1v) is 6.48. The zero-order valence-electron chi connectivity index (χ0n) is 9.19. The van der Waals surface area contributed by atoms with Gasteiger partial charge in [-0.2, -0.15) is 16.9 Å². The topological polar surface area (TPSA) is 34.9 Å². The number of rotatable bonds is 3. The predicted octanol–water partition coefficient (Wildman–Crippen LogP) is 1.46. The highest BCUT2D eigenvalue weighted by Gasteiger charge is 2.26. The molecular formula is C11H16N2OS. The summed E-state index contributed by atoms with van der Waals surface area (Å²) in [6.07, 6.45) is 1.82. The lowest BCUT2D eigenvalue weighted by atomic mass is 10.0. The highest BCUT2D eigenvalue weighted by molar-refractivity contribution is 8.00. The predicted molar refractivity (Wildman–Crippen MR) is 62.1 cm³/mol. The van der Waals surface area contributed by atoms with Crippen LogP contribution in [0.3, 0.4) is 0 Å². The molecule has 0 aliphatic carbocycles. The van der Waals surface area contributed by atoms with Gasteiger partial charge in [0.2, 0.25) is 0 Å². The van der Waals surface area contributed by atoms with E-state index in [9.17, 15) is 4.79 Å². The second kappa shape index (κ2) is 4.39. The molecule has 1 fully saturated rings. The number of ketones is 1. The van der Waals surface area contributed by atoms with Gasteiger partial charge in [0.1, 0.15) is 5.78 Å². The normalized spacial score (nSPS) is 21.2. The Morgan fingerprint density at radius 1 is 1.67 bits per heavy atom. The third-order valence-corrected chi connectivity index (χ3v) is 3.99. The summed E-state index contributed by atoms with van der Waals surface area (Å²) in [4.78, 5) is 11.5. The van der Waals surface area contributed by atoms with Gasteiger partial charge >= 0.3 is 0 Å². The first-order valence-electron chi connectivity index (χ1n) is 5.33. The van der Waals surface area contributed by atoms with E-state index in [4.69, 9.17) is 0 Å². The van der Waals surface area contributed by atoms with Crippen molar-refractivity contribution in [3.8, 4) is 0 Å². The van der Waals surface area contributed by atoms with Gasteiger partial charge in [0.05, 0.1) is 11.4 Å². The average molecular weight is 224 g/mol. The van der Waals surface area contributed by atoms with E-state index in [2.05, 4.69) is 18.1 Å². The van der Waals surface area contributed by atoms with Crippen LogP contribution >= 0.6 is 11.8 Å². The van der Waals surface area contributed by atoms with Crippen molar-refractivity contribution in [3.63, 3.8) is 0 Å². The Bertz CT molecular complexity index is 373. The lowest BCUT2D eigenvalue weighted by molar-refractivity contribution is -0.119. The summed E-state index contributed by atoms with van der Waals surface area (Å²) in [6, 6.07) is 2.12. The molecule has 1 aliphatic heterocycles. The van der Waals surface area contributed by atoms with Crippen molar-refractivity contribution in [2.75, 3.05) is 11.5 Å². The monoisotopic (exact) mass is 224 g/mol. The van der Waals surface area contributed by atoms with E-state index in [-0.39, 0.29) is 5.92 Å². The Hall–Kier alpha value is -0.770. The number of thioether (sulfide) groups is 1. The van der Waals surface area contributed by atoms with Gasteiger partial charge in [-0.05, 0) is 18.9 Å². The first-order chi connectivity index (χ1) is 7.20. The van der Waals surface area contributed by atoms with Crippen molar-refractivity contribution < 1.29 is 4.79 Å². The Morgan fingerprint density at radius 3 is 3.00 bits per heavy atom. The van der Waals surface area contributed by atoms with E-state index >= 15 is 0 Å². The molecule has 82 valence electrons. The molecule has 1 aromatic rings. The summed E-state index contributed by atoms with van der Waals surface area (Å²) >= 11 is 1.75. The van der Waals surface area contributed by atoms with Crippen molar-refractivity contribution in [3.05, 3.63) is 17.5 Å².